The van der Waals surface area contributed by atoms with E-state index in [9.17, 15) is 5.11 Å². The number of nitrogens with one attached hydrogen (secondary N) is 1. The van der Waals surface area contributed by atoms with E-state index in [1.165, 1.54) is 11.3 Å². The summed E-state index contributed by atoms with van der Waals surface area (Å²) in [6, 6.07) is 16.5. The predicted octanol–water partition coefficient (Wildman–Crippen LogP) is 3.89. The van der Waals surface area contributed by atoms with Crippen LogP contribution in [0.4, 0.5) is 0 Å². The van der Waals surface area contributed by atoms with Crippen LogP contribution in [0, 0.1) is 16.7 Å². The van der Waals surface area contributed by atoms with Crippen molar-refractivity contribution < 1.29 is 5.11 Å². The quantitative estimate of drug-likeness (QED) is 0.698. The molecule has 0 amide bonds. The predicted molar refractivity (Wildman–Crippen MR) is 80.6 cm³/mol. The SMILES string of the molecule is N#Cc1ccccc1C(=N)c1sc2ccccc2c1O. The minimum atomic E-state index is 0.114. The van der Waals surface area contributed by atoms with Gasteiger partial charge in [-0.05, 0) is 18.2 Å². The molecule has 0 aliphatic heterocycles. The first-order valence-electron chi connectivity index (χ1n) is 6.01. The maximum absolute atomic E-state index is 10.3. The van der Waals surface area contributed by atoms with E-state index in [4.69, 9.17) is 10.7 Å². The second-order valence-electron chi connectivity index (χ2n) is 4.31. The summed E-state index contributed by atoms with van der Waals surface area (Å²) in [5.74, 6) is 0.114. The van der Waals surface area contributed by atoms with Crippen molar-refractivity contribution in [3.63, 3.8) is 0 Å². The first-order valence-corrected chi connectivity index (χ1v) is 6.83. The van der Waals surface area contributed by atoms with Gasteiger partial charge in [0.25, 0.3) is 0 Å². The Morgan fingerprint density at radius 1 is 1.10 bits per heavy atom. The van der Waals surface area contributed by atoms with Gasteiger partial charge < -0.3 is 5.11 Å². The molecule has 0 aliphatic carbocycles. The molecule has 20 heavy (non-hydrogen) atoms. The Labute approximate surface area is 119 Å². The minimum absolute atomic E-state index is 0.114. The van der Waals surface area contributed by atoms with Gasteiger partial charge in [0, 0.05) is 15.6 Å². The van der Waals surface area contributed by atoms with E-state index in [2.05, 4.69) is 6.07 Å². The monoisotopic (exact) mass is 278 g/mol. The Kier molecular flexibility index (Phi) is 2.97. The molecule has 0 aliphatic rings. The van der Waals surface area contributed by atoms with Crippen molar-refractivity contribution in [2.75, 3.05) is 0 Å². The lowest BCUT2D eigenvalue weighted by Crippen LogP contribution is -2.01. The summed E-state index contributed by atoms with van der Waals surface area (Å²) < 4.78 is 0.930. The van der Waals surface area contributed by atoms with Crippen LogP contribution in [-0.2, 0) is 0 Å². The lowest BCUT2D eigenvalue weighted by Gasteiger charge is -2.04. The first-order chi connectivity index (χ1) is 9.72. The molecule has 0 saturated carbocycles. The number of benzene rings is 2. The van der Waals surface area contributed by atoms with Crippen LogP contribution >= 0.6 is 11.3 Å². The number of hydrogen-bond acceptors (Lipinski definition) is 4. The normalized spacial score (nSPS) is 10.3. The zero-order valence-electron chi connectivity index (χ0n) is 10.4. The first kappa shape index (κ1) is 12.4. The summed E-state index contributed by atoms with van der Waals surface area (Å²) in [4.78, 5) is 0.494. The van der Waals surface area contributed by atoms with Gasteiger partial charge in [-0.2, -0.15) is 5.26 Å². The van der Waals surface area contributed by atoms with Gasteiger partial charge in [0.1, 0.15) is 5.75 Å². The second-order valence-corrected chi connectivity index (χ2v) is 5.36. The van der Waals surface area contributed by atoms with Crippen molar-refractivity contribution in [1.82, 2.24) is 0 Å². The molecule has 3 nitrogen and oxygen atoms in total. The molecule has 2 N–H and O–H groups in total. The standard InChI is InChI=1S/C16H10N2OS/c17-9-10-5-1-2-6-11(10)14(18)16-15(19)12-7-3-4-8-13(12)20-16/h1-8,18-19H. The molecule has 0 atom stereocenters. The fourth-order valence-corrected chi connectivity index (χ4v) is 3.18. The molecule has 0 radical (unpaired) electrons. The molecule has 0 fully saturated rings. The van der Waals surface area contributed by atoms with E-state index in [0.29, 0.717) is 16.0 Å². The Balaban J connectivity index is 2.19. The number of aromatic hydroxyl groups is 1. The topological polar surface area (TPSA) is 67.9 Å². The zero-order valence-corrected chi connectivity index (χ0v) is 11.2. The second kappa shape index (κ2) is 4.80. The van der Waals surface area contributed by atoms with Gasteiger partial charge in [0.15, 0.2) is 0 Å². The van der Waals surface area contributed by atoms with Crippen LogP contribution in [0.5, 0.6) is 5.75 Å². The molecular formula is C16H10N2OS. The largest absolute Gasteiger partial charge is 0.506 e. The van der Waals surface area contributed by atoms with E-state index < -0.39 is 0 Å². The van der Waals surface area contributed by atoms with Gasteiger partial charge >= 0.3 is 0 Å². The summed E-state index contributed by atoms with van der Waals surface area (Å²) in [7, 11) is 0. The van der Waals surface area contributed by atoms with Gasteiger partial charge in [-0.25, -0.2) is 0 Å². The summed E-state index contributed by atoms with van der Waals surface area (Å²) in [6.07, 6.45) is 0. The molecule has 3 aromatic rings. The number of fused-ring (bicyclic) bond motifs is 1. The van der Waals surface area contributed by atoms with Crippen molar-refractivity contribution >= 4 is 27.1 Å². The molecule has 0 saturated heterocycles. The third-order valence-electron chi connectivity index (χ3n) is 3.11. The minimum Gasteiger partial charge on any atom is -0.506 e. The van der Waals surface area contributed by atoms with Crippen LogP contribution < -0.4 is 0 Å². The number of nitriles is 1. The van der Waals surface area contributed by atoms with Crippen molar-refractivity contribution in [1.29, 1.82) is 10.7 Å². The van der Waals surface area contributed by atoms with Crippen LogP contribution in [0.2, 0.25) is 0 Å². The van der Waals surface area contributed by atoms with Crippen molar-refractivity contribution in [3.8, 4) is 11.8 Å². The number of hydrogen-bond donors (Lipinski definition) is 2. The van der Waals surface area contributed by atoms with Gasteiger partial charge in [-0.3, -0.25) is 5.41 Å². The smallest absolute Gasteiger partial charge is 0.143 e. The van der Waals surface area contributed by atoms with Crippen LogP contribution in [0.1, 0.15) is 16.0 Å². The van der Waals surface area contributed by atoms with E-state index in [-0.39, 0.29) is 11.5 Å². The Hall–Kier alpha value is -2.64. The van der Waals surface area contributed by atoms with Crippen molar-refractivity contribution in [2.24, 2.45) is 0 Å². The fourth-order valence-electron chi connectivity index (χ4n) is 2.12. The highest BCUT2D eigenvalue weighted by molar-refractivity contribution is 7.21. The molecule has 4 heteroatoms. The number of thiophene rings is 1. The highest BCUT2D eigenvalue weighted by Crippen LogP contribution is 2.38. The summed E-state index contributed by atoms with van der Waals surface area (Å²) in [5, 5.41) is 28.4. The highest BCUT2D eigenvalue weighted by Gasteiger charge is 2.18. The maximum Gasteiger partial charge on any atom is 0.143 e. The van der Waals surface area contributed by atoms with E-state index in [1.54, 1.807) is 24.3 Å². The average Bonchev–Trinajstić information content (AvgIpc) is 2.84. The third-order valence-corrected chi connectivity index (χ3v) is 4.29. The third kappa shape index (κ3) is 1.85. The molecule has 0 spiro atoms. The average molecular weight is 278 g/mol. The van der Waals surface area contributed by atoms with Gasteiger partial charge in [-0.1, -0.05) is 30.3 Å². The van der Waals surface area contributed by atoms with Crippen LogP contribution in [-0.4, -0.2) is 10.8 Å². The van der Waals surface area contributed by atoms with E-state index in [0.717, 1.165) is 10.1 Å². The van der Waals surface area contributed by atoms with E-state index in [1.807, 2.05) is 24.3 Å². The molecule has 1 heterocycles. The van der Waals surface area contributed by atoms with Crippen molar-refractivity contribution in [2.45, 2.75) is 0 Å². The molecular weight excluding hydrogens is 268 g/mol. The summed E-state index contributed by atoms with van der Waals surface area (Å²) in [5.41, 5.74) is 1.16. The zero-order chi connectivity index (χ0) is 14.1. The Bertz CT molecular complexity index is 858. The van der Waals surface area contributed by atoms with Crippen LogP contribution in [0.15, 0.2) is 48.5 Å². The van der Waals surface area contributed by atoms with Gasteiger partial charge in [-0.15, -0.1) is 11.3 Å². The Morgan fingerprint density at radius 2 is 1.80 bits per heavy atom. The van der Waals surface area contributed by atoms with Crippen LogP contribution in [0.25, 0.3) is 10.1 Å². The molecule has 1 aromatic heterocycles. The fraction of sp³-hybridized carbons (Fsp3) is 0. The van der Waals surface area contributed by atoms with Gasteiger partial charge in [0.05, 0.1) is 22.2 Å². The molecule has 2 aromatic carbocycles. The number of nitrogens with zero attached hydrogens (tertiary/aromatic N) is 1. The Morgan fingerprint density at radius 3 is 2.55 bits per heavy atom. The summed E-state index contributed by atoms with van der Waals surface area (Å²) in [6.45, 7) is 0. The highest BCUT2D eigenvalue weighted by atomic mass is 32.1. The molecule has 96 valence electrons. The maximum atomic E-state index is 10.3. The van der Waals surface area contributed by atoms with Crippen molar-refractivity contribution in [3.05, 3.63) is 64.5 Å². The van der Waals surface area contributed by atoms with Crippen LogP contribution in [0.3, 0.4) is 0 Å². The lowest BCUT2D eigenvalue weighted by atomic mass is 10.0. The number of rotatable bonds is 2. The molecule has 0 unspecified atom stereocenters. The molecule has 0 bridgehead atoms. The van der Waals surface area contributed by atoms with E-state index >= 15 is 0 Å². The molecule has 3 rings (SSSR count). The lowest BCUT2D eigenvalue weighted by molar-refractivity contribution is 0.482. The van der Waals surface area contributed by atoms with Gasteiger partial charge in [0.2, 0.25) is 0 Å². The summed E-state index contributed by atoms with van der Waals surface area (Å²) >= 11 is 1.36.